The Hall–Kier alpha value is -1.63. The average molecular weight is 361 g/mol. The summed E-state index contributed by atoms with van der Waals surface area (Å²) in [4.78, 5) is 9.36. The Bertz CT molecular complexity index is 546. The summed E-state index contributed by atoms with van der Waals surface area (Å²) < 4.78 is 11.2. The van der Waals surface area contributed by atoms with E-state index in [4.69, 9.17) is 9.47 Å². The monoisotopic (exact) mass is 360 g/mol. The van der Waals surface area contributed by atoms with Crippen LogP contribution in [0, 0.1) is 5.92 Å². The van der Waals surface area contributed by atoms with Crippen molar-refractivity contribution >= 4 is 5.96 Å². The van der Waals surface area contributed by atoms with Gasteiger partial charge < -0.3 is 19.7 Å². The Balaban J connectivity index is 1.32. The van der Waals surface area contributed by atoms with Crippen LogP contribution in [0.1, 0.15) is 12.0 Å². The fourth-order valence-corrected chi connectivity index (χ4v) is 3.65. The molecule has 2 saturated heterocycles. The van der Waals surface area contributed by atoms with E-state index in [0.29, 0.717) is 13.2 Å². The molecular formula is C20H32N4O2. The van der Waals surface area contributed by atoms with Crippen molar-refractivity contribution in [3.8, 4) is 0 Å². The molecule has 3 rings (SSSR count). The van der Waals surface area contributed by atoms with E-state index in [2.05, 4.69) is 32.2 Å². The summed E-state index contributed by atoms with van der Waals surface area (Å²) in [7, 11) is 1.86. The van der Waals surface area contributed by atoms with Gasteiger partial charge in [0.05, 0.1) is 26.4 Å². The van der Waals surface area contributed by atoms with E-state index < -0.39 is 0 Å². The van der Waals surface area contributed by atoms with E-state index in [1.807, 2.05) is 25.2 Å². The molecule has 2 heterocycles. The van der Waals surface area contributed by atoms with Crippen molar-refractivity contribution in [1.29, 1.82) is 0 Å². The van der Waals surface area contributed by atoms with Crippen LogP contribution in [-0.4, -0.2) is 81.9 Å². The van der Waals surface area contributed by atoms with Crippen molar-refractivity contribution in [1.82, 2.24) is 15.1 Å². The van der Waals surface area contributed by atoms with E-state index >= 15 is 0 Å². The third-order valence-corrected chi connectivity index (χ3v) is 5.06. The summed E-state index contributed by atoms with van der Waals surface area (Å²) in [5, 5.41) is 3.44. The van der Waals surface area contributed by atoms with Gasteiger partial charge in [-0.15, -0.1) is 0 Å². The maximum atomic E-state index is 5.74. The first kappa shape index (κ1) is 19.1. The van der Waals surface area contributed by atoms with Crippen molar-refractivity contribution in [2.45, 2.75) is 13.0 Å². The molecule has 0 aliphatic carbocycles. The van der Waals surface area contributed by atoms with Gasteiger partial charge in [0.25, 0.3) is 0 Å². The topological polar surface area (TPSA) is 49.3 Å². The maximum Gasteiger partial charge on any atom is 0.193 e. The molecule has 1 unspecified atom stereocenters. The number of hydrogen-bond acceptors (Lipinski definition) is 4. The SMILES string of the molecule is CN=C(NCCOCc1ccccc1)N1CCC(CN2CCOCC2)C1. The highest BCUT2D eigenvalue weighted by Crippen LogP contribution is 2.18. The largest absolute Gasteiger partial charge is 0.379 e. The second-order valence-corrected chi connectivity index (χ2v) is 7.03. The van der Waals surface area contributed by atoms with Crippen LogP contribution in [-0.2, 0) is 16.1 Å². The minimum atomic E-state index is 0.659. The predicted molar refractivity (Wildman–Crippen MR) is 104 cm³/mol. The summed E-state index contributed by atoms with van der Waals surface area (Å²) in [6, 6.07) is 10.3. The second kappa shape index (κ2) is 10.5. The van der Waals surface area contributed by atoms with Gasteiger partial charge in [-0.25, -0.2) is 0 Å². The van der Waals surface area contributed by atoms with Crippen LogP contribution in [0.25, 0.3) is 0 Å². The molecule has 0 saturated carbocycles. The van der Waals surface area contributed by atoms with Crippen molar-refractivity contribution in [3.63, 3.8) is 0 Å². The number of ether oxygens (including phenoxy) is 2. The summed E-state index contributed by atoms with van der Waals surface area (Å²) in [5.41, 5.74) is 1.21. The third-order valence-electron chi connectivity index (χ3n) is 5.06. The molecule has 6 heteroatoms. The molecule has 2 aliphatic rings. The standard InChI is InChI=1S/C20H32N4O2/c1-21-20(22-8-12-26-17-18-5-3-2-4-6-18)24-9-7-19(16-24)15-23-10-13-25-14-11-23/h2-6,19H,7-17H2,1H3,(H,21,22). The lowest BCUT2D eigenvalue weighted by atomic mass is 10.1. The molecule has 0 amide bonds. The smallest absolute Gasteiger partial charge is 0.193 e. The second-order valence-electron chi connectivity index (χ2n) is 7.03. The quantitative estimate of drug-likeness (QED) is 0.453. The normalized spacial score (nSPS) is 22.0. The van der Waals surface area contributed by atoms with Crippen LogP contribution < -0.4 is 5.32 Å². The zero-order chi connectivity index (χ0) is 18.0. The molecule has 1 aromatic rings. The van der Waals surface area contributed by atoms with Gasteiger partial charge in [0, 0.05) is 46.3 Å². The first-order valence-corrected chi connectivity index (χ1v) is 9.72. The molecule has 2 fully saturated rings. The zero-order valence-electron chi connectivity index (χ0n) is 15.9. The Morgan fingerprint density at radius 1 is 1.23 bits per heavy atom. The van der Waals surface area contributed by atoms with E-state index in [0.717, 1.165) is 57.8 Å². The Morgan fingerprint density at radius 3 is 2.81 bits per heavy atom. The number of nitrogens with one attached hydrogen (secondary N) is 1. The minimum Gasteiger partial charge on any atom is -0.379 e. The van der Waals surface area contributed by atoms with Gasteiger partial charge in [-0.05, 0) is 17.9 Å². The van der Waals surface area contributed by atoms with Gasteiger partial charge in [-0.2, -0.15) is 0 Å². The van der Waals surface area contributed by atoms with E-state index in [1.54, 1.807) is 0 Å². The van der Waals surface area contributed by atoms with E-state index in [1.165, 1.54) is 18.5 Å². The lowest BCUT2D eigenvalue weighted by Crippen LogP contribution is -2.43. The fraction of sp³-hybridized carbons (Fsp3) is 0.650. The fourth-order valence-electron chi connectivity index (χ4n) is 3.65. The number of likely N-dealkylation sites (tertiary alicyclic amines) is 1. The lowest BCUT2D eigenvalue weighted by Gasteiger charge is -2.29. The van der Waals surface area contributed by atoms with Crippen LogP contribution >= 0.6 is 0 Å². The van der Waals surface area contributed by atoms with Gasteiger partial charge in [0.2, 0.25) is 0 Å². The molecule has 26 heavy (non-hydrogen) atoms. The van der Waals surface area contributed by atoms with Crippen molar-refractivity contribution in [2.75, 3.05) is 66.1 Å². The maximum absolute atomic E-state index is 5.74. The number of guanidine groups is 1. The van der Waals surface area contributed by atoms with Crippen LogP contribution in [0.2, 0.25) is 0 Å². The van der Waals surface area contributed by atoms with Crippen molar-refractivity contribution in [3.05, 3.63) is 35.9 Å². The molecule has 144 valence electrons. The Labute approximate surface area is 157 Å². The molecule has 0 aromatic heterocycles. The summed E-state index contributed by atoms with van der Waals surface area (Å²) in [5.74, 6) is 1.72. The third kappa shape index (κ3) is 5.97. The van der Waals surface area contributed by atoms with Crippen LogP contribution in [0.15, 0.2) is 35.3 Å². The molecular weight excluding hydrogens is 328 g/mol. The van der Waals surface area contributed by atoms with Crippen LogP contribution in [0.4, 0.5) is 0 Å². The molecule has 1 atom stereocenters. The molecule has 2 aliphatic heterocycles. The molecule has 1 aromatic carbocycles. The van der Waals surface area contributed by atoms with Gasteiger partial charge >= 0.3 is 0 Å². The highest BCUT2D eigenvalue weighted by Gasteiger charge is 2.26. The lowest BCUT2D eigenvalue weighted by molar-refractivity contribution is 0.0315. The minimum absolute atomic E-state index is 0.659. The zero-order valence-corrected chi connectivity index (χ0v) is 15.9. The highest BCUT2D eigenvalue weighted by molar-refractivity contribution is 5.80. The number of nitrogens with zero attached hydrogens (tertiary/aromatic N) is 3. The van der Waals surface area contributed by atoms with E-state index in [9.17, 15) is 0 Å². The van der Waals surface area contributed by atoms with Gasteiger partial charge in [-0.1, -0.05) is 30.3 Å². The Morgan fingerprint density at radius 2 is 2.04 bits per heavy atom. The molecule has 1 N–H and O–H groups in total. The average Bonchev–Trinajstić information content (AvgIpc) is 3.14. The number of aliphatic imine (C=N–C) groups is 1. The van der Waals surface area contributed by atoms with Crippen molar-refractivity contribution in [2.24, 2.45) is 10.9 Å². The van der Waals surface area contributed by atoms with Crippen LogP contribution in [0.3, 0.4) is 0 Å². The number of rotatable bonds is 7. The summed E-state index contributed by atoms with van der Waals surface area (Å²) in [6.45, 7) is 9.36. The first-order valence-electron chi connectivity index (χ1n) is 9.72. The number of morpholine rings is 1. The van der Waals surface area contributed by atoms with E-state index in [-0.39, 0.29) is 0 Å². The summed E-state index contributed by atoms with van der Waals surface area (Å²) in [6.07, 6.45) is 1.24. The van der Waals surface area contributed by atoms with Crippen molar-refractivity contribution < 1.29 is 9.47 Å². The predicted octanol–water partition coefficient (Wildman–Crippen LogP) is 1.43. The molecule has 0 bridgehead atoms. The van der Waals surface area contributed by atoms with Gasteiger partial charge in [0.15, 0.2) is 5.96 Å². The molecule has 0 radical (unpaired) electrons. The van der Waals surface area contributed by atoms with Gasteiger partial charge in [-0.3, -0.25) is 9.89 Å². The highest BCUT2D eigenvalue weighted by atomic mass is 16.5. The van der Waals surface area contributed by atoms with Gasteiger partial charge in [0.1, 0.15) is 0 Å². The van der Waals surface area contributed by atoms with Crippen LogP contribution in [0.5, 0.6) is 0 Å². The first-order chi connectivity index (χ1) is 12.8. The number of hydrogen-bond donors (Lipinski definition) is 1. The number of benzene rings is 1. The molecule has 0 spiro atoms. The Kier molecular flexibility index (Phi) is 7.73. The summed E-state index contributed by atoms with van der Waals surface area (Å²) >= 11 is 0. The molecule has 6 nitrogen and oxygen atoms in total.